The number of nitrogens with zero attached hydrogens (tertiary/aromatic N) is 1. The molecule has 0 saturated carbocycles. The number of pyridine rings is 1. The molecule has 0 radical (unpaired) electrons. The van der Waals surface area contributed by atoms with Crippen LogP contribution in [0.25, 0.3) is 0 Å². The minimum Gasteiger partial charge on any atom is -0.481 e. The van der Waals surface area contributed by atoms with Gasteiger partial charge in [-0.15, -0.1) is 0 Å². The van der Waals surface area contributed by atoms with Gasteiger partial charge in [0, 0.05) is 13.0 Å². The van der Waals surface area contributed by atoms with Gasteiger partial charge in [0.25, 0.3) is 0 Å². The molecule has 0 aliphatic heterocycles. The van der Waals surface area contributed by atoms with Crippen LogP contribution in [0.4, 0.5) is 5.69 Å². The van der Waals surface area contributed by atoms with Gasteiger partial charge < -0.3 is 10.1 Å². The highest BCUT2D eigenvalue weighted by Gasteiger charge is 2.02. The SMILES string of the molecule is COc1ccc(NC(C)=O)c(C)n1. The molecule has 13 heavy (non-hydrogen) atoms. The Hall–Kier alpha value is -1.58. The molecule has 0 saturated heterocycles. The molecule has 4 nitrogen and oxygen atoms in total. The molecule has 1 rings (SSSR count). The number of aryl methyl sites for hydroxylation is 1. The van der Waals surface area contributed by atoms with Crippen LogP contribution in [-0.4, -0.2) is 18.0 Å². The predicted molar refractivity (Wildman–Crippen MR) is 49.8 cm³/mol. The molecule has 1 aromatic rings. The number of methoxy groups -OCH3 is 1. The second-order valence-corrected chi connectivity index (χ2v) is 2.67. The summed E-state index contributed by atoms with van der Waals surface area (Å²) < 4.78 is 4.93. The first-order valence-corrected chi connectivity index (χ1v) is 3.92. The van der Waals surface area contributed by atoms with Gasteiger partial charge in [-0.25, -0.2) is 4.98 Å². The standard InChI is InChI=1S/C9H12N2O2/c1-6-8(11-7(2)12)4-5-9(10-6)13-3/h4-5H,1-3H3,(H,11,12). The van der Waals surface area contributed by atoms with Crippen LogP contribution in [0.15, 0.2) is 12.1 Å². The fourth-order valence-electron chi connectivity index (χ4n) is 0.973. The molecule has 0 aliphatic rings. The Labute approximate surface area is 76.9 Å². The topological polar surface area (TPSA) is 51.2 Å². The Kier molecular flexibility index (Phi) is 2.84. The molecular weight excluding hydrogens is 168 g/mol. The maximum atomic E-state index is 10.7. The van der Waals surface area contributed by atoms with E-state index in [1.54, 1.807) is 19.2 Å². The lowest BCUT2D eigenvalue weighted by molar-refractivity contribution is -0.114. The highest BCUT2D eigenvalue weighted by Crippen LogP contribution is 2.16. The maximum Gasteiger partial charge on any atom is 0.221 e. The number of ether oxygens (including phenoxy) is 1. The molecule has 70 valence electrons. The number of aromatic nitrogens is 1. The highest BCUT2D eigenvalue weighted by atomic mass is 16.5. The Morgan fingerprint density at radius 1 is 1.54 bits per heavy atom. The van der Waals surface area contributed by atoms with E-state index < -0.39 is 0 Å². The van der Waals surface area contributed by atoms with Gasteiger partial charge in [0.2, 0.25) is 11.8 Å². The Balaban J connectivity index is 2.91. The van der Waals surface area contributed by atoms with E-state index in [0.717, 1.165) is 5.69 Å². The summed E-state index contributed by atoms with van der Waals surface area (Å²) in [6.45, 7) is 3.28. The van der Waals surface area contributed by atoms with Crippen LogP contribution in [0.2, 0.25) is 0 Å². The van der Waals surface area contributed by atoms with Gasteiger partial charge >= 0.3 is 0 Å². The number of carbonyl (C=O) groups is 1. The van der Waals surface area contributed by atoms with Gasteiger partial charge in [0.15, 0.2) is 0 Å². The largest absolute Gasteiger partial charge is 0.481 e. The zero-order valence-electron chi connectivity index (χ0n) is 7.92. The van der Waals surface area contributed by atoms with Crippen LogP contribution < -0.4 is 10.1 Å². The summed E-state index contributed by atoms with van der Waals surface area (Å²) in [5, 5.41) is 2.67. The van der Waals surface area contributed by atoms with Crippen molar-refractivity contribution in [2.75, 3.05) is 12.4 Å². The van der Waals surface area contributed by atoms with Crippen LogP contribution in [0, 0.1) is 6.92 Å². The van der Waals surface area contributed by atoms with Gasteiger partial charge in [-0.2, -0.15) is 0 Å². The smallest absolute Gasteiger partial charge is 0.221 e. The van der Waals surface area contributed by atoms with Crippen molar-refractivity contribution in [3.05, 3.63) is 17.8 Å². The second-order valence-electron chi connectivity index (χ2n) is 2.67. The minimum atomic E-state index is -0.102. The van der Waals surface area contributed by atoms with Crippen molar-refractivity contribution in [2.24, 2.45) is 0 Å². The fourth-order valence-corrected chi connectivity index (χ4v) is 0.973. The van der Waals surface area contributed by atoms with Crippen molar-refractivity contribution >= 4 is 11.6 Å². The molecule has 0 bridgehead atoms. The number of rotatable bonds is 2. The zero-order valence-corrected chi connectivity index (χ0v) is 7.92. The molecule has 1 aromatic heterocycles. The normalized spacial score (nSPS) is 9.46. The summed E-state index contributed by atoms with van der Waals surface area (Å²) in [7, 11) is 1.56. The average molecular weight is 180 g/mol. The summed E-state index contributed by atoms with van der Waals surface area (Å²) in [5.74, 6) is 0.446. The quantitative estimate of drug-likeness (QED) is 0.747. The van der Waals surface area contributed by atoms with E-state index in [2.05, 4.69) is 10.3 Å². The summed E-state index contributed by atoms with van der Waals surface area (Å²) in [6, 6.07) is 3.47. The van der Waals surface area contributed by atoms with Crippen molar-refractivity contribution in [1.29, 1.82) is 0 Å². The van der Waals surface area contributed by atoms with Crippen molar-refractivity contribution in [3.63, 3.8) is 0 Å². The first kappa shape index (κ1) is 9.51. The number of hydrogen-bond acceptors (Lipinski definition) is 3. The molecule has 0 atom stereocenters. The van der Waals surface area contributed by atoms with Gasteiger partial charge in [0.05, 0.1) is 18.5 Å². The van der Waals surface area contributed by atoms with E-state index in [4.69, 9.17) is 4.74 Å². The van der Waals surface area contributed by atoms with Gasteiger partial charge in [-0.1, -0.05) is 0 Å². The van der Waals surface area contributed by atoms with Crippen molar-refractivity contribution in [1.82, 2.24) is 4.98 Å². The lowest BCUT2D eigenvalue weighted by Gasteiger charge is -2.06. The summed E-state index contributed by atoms with van der Waals surface area (Å²) in [4.78, 5) is 14.9. The third-order valence-corrected chi connectivity index (χ3v) is 1.58. The van der Waals surface area contributed by atoms with E-state index in [1.807, 2.05) is 6.92 Å². The lowest BCUT2D eigenvalue weighted by Crippen LogP contribution is -2.08. The molecule has 4 heteroatoms. The Morgan fingerprint density at radius 2 is 2.23 bits per heavy atom. The molecule has 1 heterocycles. The van der Waals surface area contributed by atoms with E-state index >= 15 is 0 Å². The first-order chi connectivity index (χ1) is 6.13. The second kappa shape index (κ2) is 3.89. The summed E-state index contributed by atoms with van der Waals surface area (Å²) in [6.07, 6.45) is 0. The van der Waals surface area contributed by atoms with E-state index in [0.29, 0.717) is 11.6 Å². The van der Waals surface area contributed by atoms with Gasteiger partial charge in [-0.3, -0.25) is 4.79 Å². The number of carbonyl (C=O) groups excluding carboxylic acids is 1. The molecule has 1 N–H and O–H groups in total. The van der Waals surface area contributed by atoms with E-state index in [1.165, 1.54) is 6.92 Å². The number of nitrogens with one attached hydrogen (secondary N) is 1. The Bertz CT molecular complexity index is 323. The van der Waals surface area contributed by atoms with Crippen LogP contribution in [0.1, 0.15) is 12.6 Å². The van der Waals surface area contributed by atoms with Crippen LogP contribution >= 0.6 is 0 Å². The third-order valence-electron chi connectivity index (χ3n) is 1.58. The van der Waals surface area contributed by atoms with Crippen molar-refractivity contribution < 1.29 is 9.53 Å². The van der Waals surface area contributed by atoms with E-state index in [9.17, 15) is 4.79 Å². The van der Waals surface area contributed by atoms with Gasteiger partial charge in [0.1, 0.15) is 0 Å². The molecular formula is C9H12N2O2. The predicted octanol–water partition coefficient (Wildman–Crippen LogP) is 1.36. The highest BCUT2D eigenvalue weighted by molar-refractivity contribution is 5.89. The number of hydrogen-bond donors (Lipinski definition) is 1. The van der Waals surface area contributed by atoms with Crippen molar-refractivity contribution in [2.45, 2.75) is 13.8 Å². The third kappa shape index (κ3) is 2.43. The van der Waals surface area contributed by atoms with Gasteiger partial charge in [-0.05, 0) is 13.0 Å². The monoisotopic (exact) mass is 180 g/mol. The lowest BCUT2D eigenvalue weighted by atomic mass is 10.3. The summed E-state index contributed by atoms with van der Waals surface area (Å²) in [5.41, 5.74) is 1.46. The molecule has 1 amide bonds. The zero-order chi connectivity index (χ0) is 9.84. The minimum absolute atomic E-state index is 0.102. The van der Waals surface area contributed by atoms with E-state index in [-0.39, 0.29) is 5.91 Å². The molecule has 0 unspecified atom stereocenters. The number of amides is 1. The molecule has 0 spiro atoms. The maximum absolute atomic E-state index is 10.7. The van der Waals surface area contributed by atoms with Crippen molar-refractivity contribution in [3.8, 4) is 5.88 Å². The molecule has 0 fully saturated rings. The Morgan fingerprint density at radius 3 is 2.69 bits per heavy atom. The molecule has 0 aromatic carbocycles. The van der Waals surface area contributed by atoms with Crippen LogP contribution in [0.5, 0.6) is 5.88 Å². The summed E-state index contributed by atoms with van der Waals surface area (Å²) >= 11 is 0. The fraction of sp³-hybridized carbons (Fsp3) is 0.333. The van der Waals surface area contributed by atoms with Crippen LogP contribution in [0.3, 0.4) is 0 Å². The first-order valence-electron chi connectivity index (χ1n) is 3.92. The average Bonchev–Trinajstić information content (AvgIpc) is 2.08. The molecule has 0 aliphatic carbocycles. The number of anilines is 1. The van der Waals surface area contributed by atoms with Crippen LogP contribution in [-0.2, 0) is 4.79 Å².